The molecule has 138 valence electrons. The van der Waals surface area contributed by atoms with Gasteiger partial charge in [0, 0.05) is 34.3 Å². The lowest BCUT2D eigenvalue weighted by atomic mass is 10.1. The lowest BCUT2D eigenvalue weighted by Gasteiger charge is -2.16. The van der Waals surface area contributed by atoms with Crippen LogP contribution < -0.4 is 9.62 Å². The molecule has 2 aromatic rings. The summed E-state index contributed by atoms with van der Waals surface area (Å²) >= 11 is 7.50. The quantitative estimate of drug-likeness (QED) is 0.586. The van der Waals surface area contributed by atoms with E-state index in [2.05, 4.69) is 5.32 Å². The predicted octanol–water partition coefficient (Wildman–Crippen LogP) is 3.18. The molecule has 1 aliphatic heterocycles. The molecule has 1 heterocycles. The summed E-state index contributed by atoms with van der Waals surface area (Å²) in [5.74, 6) is 0.600. The van der Waals surface area contributed by atoms with Crippen LogP contribution in [0.5, 0.6) is 0 Å². The first-order valence-corrected chi connectivity index (χ1v) is 11.3. The van der Waals surface area contributed by atoms with Crippen molar-refractivity contribution in [3.05, 3.63) is 58.6 Å². The lowest BCUT2D eigenvalue weighted by molar-refractivity contribution is 0.0956. The van der Waals surface area contributed by atoms with Gasteiger partial charge < -0.3 is 5.32 Å². The second kappa shape index (κ2) is 7.90. The Bertz CT molecular complexity index is 915. The monoisotopic (exact) mass is 410 g/mol. The highest BCUT2D eigenvalue weighted by Crippen LogP contribution is 2.30. The molecule has 0 saturated heterocycles. The molecule has 1 amide bonds. The highest BCUT2D eigenvalue weighted by molar-refractivity contribution is 7.99. The van der Waals surface area contributed by atoms with Crippen LogP contribution in [0, 0.1) is 0 Å². The number of nitrogens with one attached hydrogen (secondary N) is 1. The predicted molar refractivity (Wildman–Crippen MR) is 107 cm³/mol. The fourth-order valence-electron chi connectivity index (χ4n) is 2.82. The minimum absolute atomic E-state index is 0.151. The number of carbonyl (C=O) groups is 1. The summed E-state index contributed by atoms with van der Waals surface area (Å²) in [5, 5.41) is 3.60. The molecule has 26 heavy (non-hydrogen) atoms. The van der Waals surface area contributed by atoms with E-state index in [1.807, 2.05) is 24.3 Å². The average Bonchev–Trinajstić information content (AvgIpc) is 3.03. The molecule has 0 atom stereocenters. The van der Waals surface area contributed by atoms with Gasteiger partial charge in [-0.15, -0.1) is 11.8 Å². The number of rotatable bonds is 6. The highest BCUT2D eigenvalue weighted by Gasteiger charge is 2.26. The minimum Gasteiger partial charge on any atom is -0.351 e. The summed E-state index contributed by atoms with van der Waals surface area (Å²) in [5.41, 5.74) is 2.11. The maximum atomic E-state index is 12.3. The molecule has 0 radical (unpaired) electrons. The third-order valence-electron chi connectivity index (χ3n) is 4.06. The zero-order chi connectivity index (χ0) is 18.7. The summed E-state index contributed by atoms with van der Waals surface area (Å²) in [6, 6.07) is 12.7. The van der Waals surface area contributed by atoms with Crippen molar-refractivity contribution in [3.8, 4) is 0 Å². The van der Waals surface area contributed by atoms with Gasteiger partial charge in [0.05, 0.1) is 11.9 Å². The molecule has 1 N–H and O–H groups in total. The van der Waals surface area contributed by atoms with Crippen LogP contribution in [0.4, 0.5) is 5.69 Å². The molecule has 0 spiro atoms. The van der Waals surface area contributed by atoms with E-state index in [1.54, 1.807) is 30.0 Å². The first kappa shape index (κ1) is 19.1. The van der Waals surface area contributed by atoms with Crippen molar-refractivity contribution in [2.24, 2.45) is 0 Å². The molecule has 5 nitrogen and oxygen atoms in total. The summed E-state index contributed by atoms with van der Waals surface area (Å²) in [7, 11) is -3.27. The topological polar surface area (TPSA) is 66.5 Å². The van der Waals surface area contributed by atoms with Gasteiger partial charge in [-0.1, -0.05) is 11.6 Å². The zero-order valence-corrected chi connectivity index (χ0v) is 16.6. The summed E-state index contributed by atoms with van der Waals surface area (Å²) < 4.78 is 24.9. The third-order valence-corrected chi connectivity index (χ3v) is 6.51. The Morgan fingerprint density at radius 2 is 1.96 bits per heavy atom. The Morgan fingerprint density at radius 3 is 2.65 bits per heavy atom. The molecule has 8 heteroatoms. The van der Waals surface area contributed by atoms with E-state index in [-0.39, 0.29) is 5.91 Å². The molecule has 0 bridgehead atoms. The van der Waals surface area contributed by atoms with E-state index in [1.165, 1.54) is 10.6 Å². The Hall–Kier alpha value is -1.70. The van der Waals surface area contributed by atoms with E-state index in [4.69, 9.17) is 11.6 Å². The number of fused-ring (bicyclic) bond motifs is 1. The van der Waals surface area contributed by atoms with Crippen molar-refractivity contribution in [2.45, 2.75) is 11.3 Å². The molecule has 0 unspecified atom stereocenters. The maximum Gasteiger partial charge on any atom is 0.251 e. The normalized spacial score (nSPS) is 13.5. The number of nitrogens with zero attached hydrogens (tertiary/aromatic N) is 1. The number of halogens is 1. The lowest BCUT2D eigenvalue weighted by Crippen LogP contribution is -2.27. The standard InChI is InChI=1S/C18H19ClN2O3S2/c1-26(23,24)21-10-8-13-12-14(2-7-17(13)21)18(22)20-9-11-25-16-5-3-15(19)4-6-16/h2-7,12H,8-11H2,1H3,(H,20,22). The van der Waals surface area contributed by atoms with Gasteiger partial charge >= 0.3 is 0 Å². The number of thioether (sulfide) groups is 1. The van der Waals surface area contributed by atoms with Crippen LogP contribution >= 0.6 is 23.4 Å². The largest absolute Gasteiger partial charge is 0.351 e. The minimum atomic E-state index is -3.27. The summed E-state index contributed by atoms with van der Waals surface area (Å²) in [6.07, 6.45) is 1.82. The Morgan fingerprint density at radius 1 is 1.23 bits per heavy atom. The molecule has 0 fully saturated rings. The summed E-state index contributed by atoms with van der Waals surface area (Å²) in [4.78, 5) is 13.4. The van der Waals surface area contributed by atoms with E-state index in [0.29, 0.717) is 35.8 Å². The Balaban J connectivity index is 1.55. The smallest absolute Gasteiger partial charge is 0.251 e. The van der Waals surface area contributed by atoms with E-state index in [9.17, 15) is 13.2 Å². The molecular formula is C18H19ClN2O3S2. The number of carbonyl (C=O) groups excluding carboxylic acids is 1. The fraction of sp³-hybridized carbons (Fsp3) is 0.278. The van der Waals surface area contributed by atoms with Crippen LogP contribution in [0.2, 0.25) is 5.02 Å². The molecule has 0 saturated carbocycles. The van der Waals surface area contributed by atoms with Crippen LogP contribution in [0.25, 0.3) is 0 Å². The number of anilines is 1. The van der Waals surface area contributed by atoms with Crippen LogP contribution in [0.1, 0.15) is 15.9 Å². The van der Waals surface area contributed by atoms with Gasteiger partial charge in [0.25, 0.3) is 5.91 Å². The van der Waals surface area contributed by atoms with Gasteiger partial charge in [0.1, 0.15) is 0 Å². The fourth-order valence-corrected chi connectivity index (χ4v) is 4.68. The van der Waals surface area contributed by atoms with Crippen LogP contribution in [0.3, 0.4) is 0 Å². The van der Waals surface area contributed by atoms with E-state index < -0.39 is 10.0 Å². The van der Waals surface area contributed by atoms with Gasteiger partial charge in [0.2, 0.25) is 10.0 Å². The Kier molecular flexibility index (Phi) is 5.79. The van der Waals surface area contributed by atoms with Crippen molar-refractivity contribution >= 4 is 45.0 Å². The summed E-state index contributed by atoms with van der Waals surface area (Å²) in [6.45, 7) is 0.968. The highest BCUT2D eigenvalue weighted by atomic mass is 35.5. The Labute approximate surface area is 162 Å². The van der Waals surface area contributed by atoms with Crippen molar-refractivity contribution in [1.82, 2.24) is 5.32 Å². The molecule has 3 rings (SSSR count). The van der Waals surface area contributed by atoms with Crippen LogP contribution in [-0.4, -0.2) is 39.4 Å². The van der Waals surface area contributed by atoms with Gasteiger partial charge in [-0.25, -0.2) is 8.42 Å². The van der Waals surface area contributed by atoms with E-state index in [0.717, 1.165) is 16.2 Å². The third kappa shape index (κ3) is 4.52. The van der Waals surface area contributed by atoms with E-state index >= 15 is 0 Å². The number of benzene rings is 2. The van der Waals surface area contributed by atoms with Gasteiger partial charge in [-0.3, -0.25) is 9.10 Å². The number of amides is 1. The van der Waals surface area contributed by atoms with Gasteiger partial charge in [-0.05, 0) is 54.4 Å². The molecule has 0 aromatic heterocycles. The number of sulfonamides is 1. The molecule has 0 aliphatic carbocycles. The van der Waals surface area contributed by atoms with Gasteiger partial charge in [-0.2, -0.15) is 0 Å². The average molecular weight is 411 g/mol. The molecule has 1 aliphatic rings. The van der Waals surface area contributed by atoms with Crippen molar-refractivity contribution < 1.29 is 13.2 Å². The number of hydrogen-bond donors (Lipinski definition) is 1. The van der Waals surface area contributed by atoms with Gasteiger partial charge in [0.15, 0.2) is 0 Å². The molecular weight excluding hydrogens is 392 g/mol. The second-order valence-electron chi connectivity index (χ2n) is 5.99. The SMILES string of the molecule is CS(=O)(=O)N1CCc2cc(C(=O)NCCSc3ccc(Cl)cc3)ccc21. The van der Waals surface area contributed by atoms with Crippen molar-refractivity contribution in [2.75, 3.05) is 29.4 Å². The van der Waals surface area contributed by atoms with Crippen LogP contribution in [-0.2, 0) is 16.4 Å². The van der Waals surface area contributed by atoms with Crippen LogP contribution in [0.15, 0.2) is 47.4 Å². The van der Waals surface area contributed by atoms with Crippen molar-refractivity contribution in [3.63, 3.8) is 0 Å². The zero-order valence-electron chi connectivity index (χ0n) is 14.2. The first-order chi connectivity index (χ1) is 12.3. The number of hydrogen-bond acceptors (Lipinski definition) is 4. The maximum absolute atomic E-state index is 12.3. The van der Waals surface area contributed by atoms with Crippen molar-refractivity contribution in [1.29, 1.82) is 0 Å². The molecule has 2 aromatic carbocycles. The first-order valence-electron chi connectivity index (χ1n) is 8.12. The second-order valence-corrected chi connectivity index (χ2v) is 9.50.